The first-order valence-electron chi connectivity index (χ1n) is 8.42. The van der Waals surface area contributed by atoms with Crippen LogP contribution in [0.3, 0.4) is 0 Å². The number of hydrogen-bond acceptors (Lipinski definition) is 5. The van der Waals surface area contributed by atoms with Crippen molar-refractivity contribution in [1.82, 2.24) is 5.32 Å². The number of anilines is 1. The molecule has 2 amide bonds. The van der Waals surface area contributed by atoms with Gasteiger partial charge in [-0.1, -0.05) is 12.1 Å². The summed E-state index contributed by atoms with van der Waals surface area (Å²) in [6, 6.07) is 12.8. The van der Waals surface area contributed by atoms with E-state index in [1.165, 1.54) is 19.2 Å². The quantitative estimate of drug-likeness (QED) is 0.550. The van der Waals surface area contributed by atoms with Gasteiger partial charge in [-0.05, 0) is 42.8 Å². The summed E-state index contributed by atoms with van der Waals surface area (Å²) in [7, 11) is 2.89. The van der Waals surface area contributed by atoms with Crippen LogP contribution in [0.5, 0.6) is 0 Å². The number of esters is 1. The van der Waals surface area contributed by atoms with E-state index < -0.39 is 5.97 Å². The third-order valence-electron chi connectivity index (χ3n) is 3.74. The van der Waals surface area contributed by atoms with Gasteiger partial charge in [0, 0.05) is 37.1 Å². The zero-order chi connectivity index (χ0) is 19.6. The second kappa shape index (κ2) is 10.1. The Bertz CT molecular complexity index is 820. The second-order valence-electron chi connectivity index (χ2n) is 5.71. The monoisotopic (exact) mass is 370 g/mol. The van der Waals surface area contributed by atoms with Gasteiger partial charge in [0.1, 0.15) is 0 Å². The van der Waals surface area contributed by atoms with Gasteiger partial charge in [-0.25, -0.2) is 4.79 Å². The molecule has 0 aliphatic heterocycles. The molecule has 0 aliphatic rings. The van der Waals surface area contributed by atoms with Crippen molar-refractivity contribution in [3.8, 4) is 0 Å². The van der Waals surface area contributed by atoms with Crippen LogP contribution in [-0.4, -0.2) is 45.2 Å². The molecule has 0 aliphatic carbocycles. The van der Waals surface area contributed by atoms with E-state index in [2.05, 4.69) is 15.4 Å². The molecular formula is C20H22N2O5. The minimum atomic E-state index is -0.488. The maximum Gasteiger partial charge on any atom is 0.337 e. The summed E-state index contributed by atoms with van der Waals surface area (Å²) in [4.78, 5) is 36.2. The number of hydrogen-bond donors (Lipinski definition) is 2. The Hall–Kier alpha value is -3.19. The fourth-order valence-corrected chi connectivity index (χ4v) is 2.37. The summed E-state index contributed by atoms with van der Waals surface area (Å²) in [6.07, 6.45) is 0.707. The van der Waals surface area contributed by atoms with Crippen LogP contribution < -0.4 is 10.6 Å². The van der Waals surface area contributed by atoms with Gasteiger partial charge in [0.25, 0.3) is 11.8 Å². The Morgan fingerprint density at radius 3 is 2.26 bits per heavy atom. The highest BCUT2D eigenvalue weighted by Crippen LogP contribution is 2.14. The normalized spacial score (nSPS) is 10.1. The van der Waals surface area contributed by atoms with Crippen LogP contribution >= 0.6 is 0 Å². The van der Waals surface area contributed by atoms with E-state index in [-0.39, 0.29) is 11.8 Å². The number of rotatable bonds is 8. The van der Waals surface area contributed by atoms with Crippen molar-refractivity contribution in [3.05, 3.63) is 65.2 Å². The summed E-state index contributed by atoms with van der Waals surface area (Å²) < 4.78 is 9.60. The van der Waals surface area contributed by atoms with Gasteiger partial charge in [-0.15, -0.1) is 0 Å². The van der Waals surface area contributed by atoms with Gasteiger partial charge in [-0.3, -0.25) is 9.59 Å². The van der Waals surface area contributed by atoms with Crippen LogP contribution in [0.2, 0.25) is 0 Å². The Labute approximate surface area is 157 Å². The van der Waals surface area contributed by atoms with Crippen molar-refractivity contribution in [2.75, 3.05) is 32.7 Å². The summed E-state index contributed by atoms with van der Waals surface area (Å²) in [5, 5.41) is 5.48. The Morgan fingerprint density at radius 1 is 0.889 bits per heavy atom. The highest BCUT2D eigenvalue weighted by Gasteiger charge is 2.12. The van der Waals surface area contributed by atoms with Gasteiger partial charge in [0.2, 0.25) is 0 Å². The molecule has 7 heteroatoms. The molecule has 142 valence electrons. The van der Waals surface area contributed by atoms with Gasteiger partial charge >= 0.3 is 5.97 Å². The van der Waals surface area contributed by atoms with Gasteiger partial charge < -0.3 is 20.1 Å². The van der Waals surface area contributed by atoms with E-state index in [1.54, 1.807) is 43.5 Å². The molecule has 0 fully saturated rings. The average molecular weight is 370 g/mol. The molecule has 0 spiro atoms. The third kappa shape index (κ3) is 5.93. The van der Waals surface area contributed by atoms with E-state index in [4.69, 9.17) is 4.74 Å². The maximum absolute atomic E-state index is 12.5. The Kier molecular flexibility index (Phi) is 7.51. The lowest BCUT2D eigenvalue weighted by molar-refractivity contribution is 0.0600. The van der Waals surface area contributed by atoms with Crippen molar-refractivity contribution in [3.63, 3.8) is 0 Å². The molecule has 0 saturated heterocycles. The lowest BCUT2D eigenvalue weighted by Gasteiger charge is -2.09. The Morgan fingerprint density at radius 2 is 1.56 bits per heavy atom. The topological polar surface area (TPSA) is 93.7 Å². The number of carbonyl (C=O) groups excluding carboxylic acids is 3. The number of benzene rings is 2. The van der Waals surface area contributed by atoms with Gasteiger partial charge in [0.05, 0.1) is 12.7 Å². The van der Waals surface area contributed by atoms with Crippen molar-refractivity contribution in [2.24, 2.45) is 0 Å². The number of nitrogens with one attached hydrogen (secondary N) is 2. The fourth-order valence-electron chi connectivity index (χ4n) is 2.37. The molecule has 2 aromatic rings. The lowest BCUT2D eigenvalue weighted by Crippen LogP contribution is -2.25. The molecule has 2 N–H and O–H groups in total. The second-order valence-corrected chi connectivity index (χ2v) is 5.71. The Balaban J connectivity index is 2.05. The van der Waals surface area contributed by atoms with E-state index in [9.17, 15) is 14.4 Å². The first kappa shape index (κ1) is 20.1. The molecule has 2 aromatic carbocycles. The van der Waals surface area contributed by atoms with Crippen LogP contribution in [-0.2, 0) is 9.47 Å². The molecule has 0 unspecified atom stereocenters. The molecule has 2 rings (SSSR count). The minimum Gasteiger partial charge on any atom is -0.465 e. The maximum atomic E-state index is 12.5. The third-order valence-corrected chi connectivity index (χ3v) is 3.74. The van der Waals surface area contributed by atoms with Crippen molar-refractivity contribution >= 4 is 23.5 Å². The van der Waals surface area contributed by atoms with Gasteiger partial charge in [-0.2, -0.15) is 0 Å². The molecule has 7 nitrogen and oxygen atoms in total. The minimum absolute atomic E-state index is 0.256. The summed E-state index contributed by atoms with van der Waals surface area (Å²) in [5.74, 6) is -1.13. The molecule has 0 heterocycles. The predicted molar refractivity (Wildman–Crippen MR) is 101 cm³/mol. The zero-order valence-corrected chi connectivity index (χ0v) is 15.3. The van der Waals surface area contributed by atoms with E-state index in [0.717, 1.165) is 0 Å². The largest absolute Gasteiger partial charge is 0.465 e. The lowest BCUT2D eigenvalue weighted by atomic mass is 10.1. The fraction of sp³-hybridized carbons (Fsp3) is 0.250. The average Bonchev–Trinajstić information content (AvgIpc) is 2.70. The summed E-state index contributed by atoms with van der Waals surface area (Å²) >= 11 is 0. The molecule has 0 bridgehead atoms. The first-order chi connectivity index (χ1) is 13.0. The van der Waals surface area contributed by atoms with Crippen molar-refractivity contribution in [1.29, 1.82) is 0 Å². The molecule has 0 aromatic heterocycles. The SMILES string of the molecule is COCCCNC(=O)c1cccc(C(=O)Nc2cccc(C(=O)OC)c2)c1. The molecule has 27 heavy (non-hydrogen) atoms. The number of carbonyl (C=O) groups is 3. The summed E-state index contributed by atoms with van der Waals surface area (Å²) in [6.45, 7) is 1.05. The molecule has 0 radical (unpaired) electrons. The summed E-state index contributed by atoms with van der Waals surface area (Å²) in [5.41, 5.74) is 1.52. The highest BCUT2D eigenvalue weighted by atomic mass is 16.5. The van der Waals surface area contributed by atoms with Crippen LogP contribution in [0.4, 0.5) is 5.69 Å². The highest BCUT2D eigenvalue weighted by molar-refractivity contribution is 6.06. The van der Waals surface area contributed by atoms with Gasteiger partial charge in [0.15, 0.2) is 0 Å². The van der Waals surface area contributed by atoms with Crippen molar-refractivity contribution in [2.45, 2.75) is 6.42 Å². The molecule has 0 atom stereocenters. The van der Waals surface area contributed by atoms with Crippen LogP contribution in [0, 0.1) is 0 Å². The van der Waals surface area contributed by atoms with Crippen LogP contribution in [0.25, 0.3) is 0 Å². The van der Waals surface area contributed by atoms with E-state index in [1.807, 2.05) is 0 Å². The van der Waals surface area contributed by atoms with E-state index in [0.29, 0.717) is 42.0 Å². The molecular weight excluding hydrogens is 348 g/mol. The first-order valence-corrected chi connectivity index (χ1v) is 8.42. The molecule has 0 saturated carbocycles. The van der Waals surface area contributed by atoms with Crippen molar-refractivity contribution < 1.29 is 23.9 Å². The van der Waals surface area contributed by atoms with E-state index >= 15 is 0 Å². The standard InChI is InChI=1S/C20H22N2O5/c1-26-11-5-10-21-18(23)14-6-3-7-15(12-14)19(24)22-17-9-4-8-16(13-17)20(25)27-2/h3-4,6-9,12-13H,5,10-11H2,1-2H3,(H,21,23)(H,22,24). The number of amides is 2. The smallest absolute Gasteiger partial charge is 0.337 e. The van der Waals surface area contributed by atoms with Crippen LogP contribution in [0.15, 0.2) is 48.5 Å². The number of methoxy groups -OCH3 is 2. The van der Waals surface area contributed by atoms with Crippen LogP contribution in [0.1, 0.15) is 37.5 Å². The number of ether oxygens (including phenoxy) is 2. The zero-order valence-electron chi connectivity index (χ0n) is 15.3. The predicted octanol–water partition coefficient (Wildman–Crippen LogP) is 2.49.